The Labute approximate surface area is 168 Å². The fourth-order valence-corrected chi connectivity index (χ4v) is 2.25. The zero-order valence-corrected chi connectivity index (χ0v) is 16.7. The second kappa shape index (κ2) is 12.7. The fraction of sp³-hybridized carbons (Fsp3) is 0.706. The van der Waals surface area contributed by atoms with Crippen molar-refractivity contribution < 1.29 is 39.3 Å². The standard InChI is InChI=1S/C17H30N4O8/c1-8(2)6-11(17(28)29)20-16(27)12(7-22)21-14(25)9(3)19-15(26)10(18)4-5-13(23)24/h8-12,22H,4-7,18H2,1-3H3,(H,19,26)(H,20,27)(H,21,25)(H,23,24)(H,28,29)/t9-,10-,11-,12-/m0/s1. The smallest absolute Gasteiger partial charge is 0.326 e. The molecule has 0 spiro atoms. The van der Waals surface area contributed by atoms with E-state index in [9.17, 15) is 29.1 Å². The minimum absolute atomic E-state index is 0.0147. The molecule has 0 bridgehead atoms. The molecule has 0 aromatic rings. The molecule has 0 unspecified atom stereocenters. The summed E-state index contributed by atoms with van der Waals surface area (Å²) < 4.78 is 0. The summed E-state index contributed by atoms with van der Waals surface area (Å²) in [4.78, 5) is 58.0. The van der Waals surface area contributed by atoms with Crippen molar-refractivity contribution in [3.63, 3.8) is 0 Å². The van der Waals surface area contributed by atoms with E-state index >= 15 is 0 Å². The first-order chi connectivity index (χ1) is 13.4. The number of nitrogens with one attached hydrogen (secondary N) is 3. The number of carboxylic acid groups (broad SMARTS) is 2. The molecule has 0 radical (unpaired) electrons. The van der Waals surface area contributed by atoms with Crippen LogP contribution in [0.1, 0.15) is 40.0 Å². The molecule has 3 amide bonds. The molecule has 0 saturated carbocycles. The van der Waals surface area contributed by atoms with Gasteiger partial charge in [-0.2, -0.15) is 0 Å². The Morgan fingerprint density at radius 3 is 1.86 bits per heavy atom. The predicted octanol–water partition coefficient (Wildman–Crippen LogP) is -2.22. The molecule has 8 N–H and O–H groups in total. The molecule has 29 heavy (non-hydrogen) atoms. The topological polar surface area (TPSA) is 208 Å². The van der Waals surface area contributed by atoms with E-state index in [1.54, 1.807) is 13.8 Å². The van der Waals surface area contributed by atoms with E-state index < -0.39 is 60.4 Å². The number of aliphatic hydroxyl groups excluding tert-OH is 1. The van der Waals surface area contributed by atoms with Gasteiger partial charge in [0.1, 0.15) is 18.1 Å². The predicted molar refractivity (Wildman–Crippen MR) is 100 cm³/mol. The molecule has 12 nitrogen and oxygen atoms in total. The van der Waals surface area contributed by atoms with Gasteiger partial charge in [0, 0.05) is 6.42 Å². The summed E-state index contributed by atoms with van der Waals surface area (Å²) in [6, 6.07) is -4.87. The normalized spacial score (nSPS) is 15.0. The van der Waals surface area contributed by atoms with Crippen molar-refractivity contribution >= 4 is 29.7 Å². The van der Waals surface area contributed by atoms with Crippen LogP contribution in [0.5, 0.6) is 0 Å². The van der Waals surface area contributed by atoms with Crippen molar-refractivity contribution in [2.45, 2.75) is 64.2 Å². The van der Waals surface area contributed by atoms with Crippen LogP contribution in [0.25, 0.3) is 0 Å². The number of hydrogen-bond donors (Lipinski definition) is 7. The Balaban J connectivity index is 4.79. The number of carbonyl (C=O) groups is 5. The molecule has 0 fully saturated rings. The Hall–Kier alpha value is -2.73. The molecule has 0 heterocycles. The average molecular weight is 418 g/mol. The van der Waals surface area contributed by atoms with Gasteiger partial charge in [0.05, 0.1) is 12.6 Å². The van der Waals surface area contributed by atoms with Crippen LogP contribution in [0.2, 0.25) is 0 Å². The summed E-state index contributed by atoms with van der Waals surface area (Å²) >= 11 is 0. The lowest BCUT2D eigenvalue weighted by atomic mass is 10.0. The number of carbonyl (C=O) groups excluding carboxylic acids is 3. The van der Waals surface area contributed by atoms with Crippen LogP contribution in [0.4, 0.5) is 0 Å². The van der Waals surface area contributed by atoms with Gasteiger partial charge in [-0.3, -0.25) is 19.2 Å². The molecular formula is C17H30N4O8. The summed E-state index contributed by atoms with van der Waals surface area (Å²) in [5.74, 6) is -4.82. The Morgan fingerprint density at radius 1 is 0.862 bits per heavy atom. The van der Waals surface area contributed by atoms with Crippen LogP contribution >= 0.6 is 0 Å². The van der Waals surface area contributed by atoms with Crippen molar-refractivity contribution in [1.29, 1.82) is 0 Å². The quantitative estimate of drug-likeness (QED) is 0.172. The number of amides is 3. The molecule has 0 rings (SSSR count). The zero-order valence-electron chi connectivity index (χ0n) is 16.7. The molecule has 0 aliphatic carbocycles. The maximum absolute atomic E-state index is 12.2. The van der Waals surface area contributed by atoms with E-state index in [0.29, 0.717) is 0 Å². The summed E-state index contributed by atoms with van der Waals surface area (Å²) in [6.45, 7) is 4.07. The average Bonchev–Trinajstić information content (AvgIpc) is 2.62. The number of aliphatic hydroxyl groups is 1. The largest absolute Gasteiger partial charge is 0.481 e. The molecule has 0 saturated heterocycles. The first kappa shape index (κ1) is 26.3. The Morgan fingerprint density at radius 2 is 1.41 bits per heavy atom. The molecule has 12 heteroatoms. The summed E-state index contributed by atoms with van der Waals surface area (Å²) in [5, 5.41) is 33.9. The maximum Gasteiger partial charge on any atom is 0.326 e. The van der Waals surface area contributed by atoms with E-state index in [0.717, 1.165) is 0 Å². The third kappa shape index (κ3) is 10.4. The number of rotatable bonds is 13. The first-order valence-corrected chi connectivity index (χ1v) is 9.11. The van der Waals surface area contributed by atoms with Gasteiger partial charge in [0.15, 0.2) is 0 Å². The summed E-state index contributed by atoms with van der Waals surface area (Å²) in [6.07, 6.45) is -0.277. The van der Waals surface area contributed by atoms with E-state index in [2.05, 4.69) is 16.0 Å². The van der Waals surface area contributed by atoms with Gasteiger partial charge in [-0.25, -0.2) is 4.79 Å². The molecule has 0 aliphatic rings. The van der Waals surface area contributed by atoms with Crippen molar-refractivity contribution in [2.75, 3.05) is 6.61 Å². The number of aliphatic carboxylic acids is 2. The highest BCUT2D eigenvalue weighted by molar-refractivity contribution is 5.94. The SMILES string of the molecule is CC(C)C[C@H](NC(=O)[C@H](CO)NC(=O)[C@H](C)NC(=O)[C@@H](N)CCC(=O)O)C(=O)O. The lowest BCUT2D eigenvalue weighted by Crippen LogP contribution is -2.57. The first-order valence-electron chi connectivity index (χ1n) is 9.11. The summed E-state index contributed by atoms with van der Waals surface area (Å²) in [5.41, 5.74) is 5.55. The highest BCUT2D eigenvalue weighted by Gasteiger charge is 2.28. The van der Waals surface area contributed by atoms with E-state index in [4.69, 9.17) is 15.9 Å². The third-order valence-corrected chi connectivity index (χ3v) is 3.90. The minimum Gasteiger partial charge on any atom is -0.481 e. The van der Waals surface area contributed by atoms with Crippen LogP contribution in [-0.4, -0.2) is 75.8 Å². The fourth-order valence-electron chi connectivity index (χ4n) is 2.25. The zero-order chi connectivity index (χ0) is 22.7. The van der Waals surface area contributed by atoms with Crippen molar-refractivity contribution in [3.05, 3.63) is 0 Å². The monoisotopic (exact) mass is 418 g/mol. The van der Waals surface area contributed by atoms with E-state index in [-0.39, 0.29) is 25.2 Å². The van der Waals surface area contributed by atoms with Crippen molar-refractivity contribution in [1.82, 2.24) is 16.0 Å². The van der Waals surface area contributed by atoms with E-state index in [1.807, 2.05) is 0 Å². The van der Waals surface area contributed by atoms with Crippen molar-refractivity contribution in [2.24, 2.45) is 11.7 Å². The molecule has 166 valence electrons. The summed E-state index contributed by atoms with van der Waals surface area (Å²) in [7, 11) is 0. The number of carboxylic acids is 2. The van der Waals surface area contributed by atoms with Crippen LogP contribution in [-0.2, 0) is 24.0 Å². The second-order valence-electron chi connectivity index (χ2n) is 7.04. The highest BCUT2D eigenvalue weighted by Crippen LogP contribution is 2.05. The van der Waals surface area contributed by atoms with Crippen LogP contribution in [0.3, 0.4) is 0 Å². The van der Waals surface area contributed by atoms with Gasteiger partial charge in [0.2, 0.25) is 17.7 Å². The van der Waals surface area contributed by atoms with Gasteiger partial charge in [0.25, 0.3) is 0 Å². The van der Waals surface area contributed by atoms with Crippen LogP contribution in [0.15, 0.2) is 0 Å². The van der Waals surface area contributed by atoms with Crippen molar-refractivity contribution in [3.8, 4) is 0 Å². The Bertz CT molecular complexity index is 610. The maximum atomic E-state index is 12.2. The lowest BCUT2D eigenvalue weighted by Gasteiger charge is -2.23. The van der Waals surface area contributed by atoms with Gasteiger partial charge in [-0.05, 0) is 25.7 Å². The molecule has 4 atom stereocenters. The highest BCUT2D eigenvalue weighted by atomic mass is 16.4. The Kier molecular flexibility index (Phi) is 11.5. The van der Waals surface area contributed by atoms with E-state index in [1.165, 1.54) is 6.92 Å². The minimum atomic E-state index is -1.42. The van der Waals surface area contributed by atoms with Gasteiger partial charge in [-0.15, -0.1) is 0 Å². The number of hydrogen-bond acceptors (Lipinski definition) is 7. The molecule has 0 aromatic heterocycles. The molecular weight excluding hydrogens is 388 g/mol. The van der Waals surface area contributed by atoms with Crippen LogP contribution in [0, 0.1) is 5.92 Å². The van der Waals surface area contributed by atoms with Gasteiger partial charge < -0.3 is 37.0 Å². The number of nitrogens with two attached hydrogens (primary N) is 1. The van der Waals surface area contributed by atoms with Gasteiger partial charge in [-0.1, -0.05) is 13.8 Å². The molecule has 0 aliphatic heterocycles. The lowest BCUT2D eigenvalue weighted by molar-refractivity contribution is -0.143. The molecule has 0 aromatic carbocycles. The second-order valence-corrected chi connectivity index (χ2v) is 7.04. The van der Waals surface area contributed by atoms with Crippen LogP contribution < -0.4 is 21.7 Å². The van der Waals surface area contributed by atoms with Gasteiger partial charge >= 0.3 is 11.9 Å². The third-order valence-electron chi connectivity index (χ3n) is 3.90.